The third-order valence-corrected chi connectivity index (χ3v) is 8.34. The highest BCUT2D eigenvalue weighted by Gasteiger charge is 2.46. The molecule has 3 heterocycles. The van der Waals surface area contributed by atoms with Crippen molar-refractivity contribution in [3.63, 3.8) is 0 Å². The van der Waals surface area contributed by atoms with Crippen molar-refractivity contribution in [3.05, 3.63) is 75.1 Å². The van der Waals surface area contributed by atoms with E-state index in [9.17, 15) is 9.90 Å². The largest absolute Gasteiger partial charge is 0.494 e. The highest BCUT2D eigenvalue weighted by atomic mass is 32.1. The summed E-state index contributed by atoms with van der Waals surface area (Å²) in [6, 6.07) is 17.2. The van der Waals surface area contributed by atoms with E-state index in [1.54, 1.807) is 12.1 Å². The van der Waals surface area contributed by atoms with Crippen LogP contribution in [0.15, 0.2) is 65.4 Å². The number of aliphatic hydroxyl groups is 1. The molecule has 2 aromatic heterocycles. The Morgan fingerprint density at radius 2 is 1.79 bits per heavy atom. The molecule has 0 spiro atoms. The molecule has 0 aliphatic carbocycles. The molecule has 1 N–H and O–H groups in total. The number of ether oxygens (including phenoxy) is 2. The predicted octanol–water partition coefficient (Wildman–Crippen LogP) is 5.55. The van der Waals surface area contributed by atoms with Gasteiger partial charge in [-0.1, -0.05) is 43.7 Å². The maximum atomic E-state index is 13.5. The van der Waals surface area contributed by atoms with Crippen LogP contribution in [0, 0.1) is 5.92 Å². The van der Waals surface area contributed by atoms with Crippen molar-refractivity contribution < 1.29 is 19.4 Å². The number of hydrogen-bond acceptors (Lipinski definition) is 7. The Balaban J connectivity index is 1.39. The van der Waals surface area contributed by atoms with Gasteiger partial charge in [0.2, 0.25) is 5.60 Å². The van der Waals surface area contributed by atoms with Gasteiger partial charge in [0.05, 0.1) is 16.4 Å². The monoisotopic (exact) mass is 499 g/mol. The first-order valence-corrected chi connectivity index (χ1v) is 13.8. The van der Waals surface area contributed by atoms with E-state index in [0.717, 1.165) is 44.5 Å². The number of likely N-dealkylation sites (tertiary alicyclic amines) is 1. The fourth-order valence-corrected chi connectivity index (χ4v) is 6.29. The Kier molecular flexibility index (Phi) is 8.78. The maximum Gasteiger partial charge on any atom is 0.349 e. The van der Waals surface area contributed by atoms with Crippen LogP contribution >= 0.6 is 22.7 Å². The molecule has 0 bridgehead atoms. The van der Waals surface area contributed by atoms with Gasteiger partial charge in [0.15, 0.2) is 0 Å². The van der Waals surface area contributed by atoms with Crippen LogP contribution in [-0.2, 0) is 15.1 Å². The van der Waals surface area contributed by atoms with E-state index in [4.69, 9.17) is 9.47 Å². The molecule has 2 atom stereocenters. The molecule has 1 fully saturated rings. The van der Waals surface area contributed by atoms with E-state index in [0.29, 0.717) is 28.8 Å². The summed E-state index contributed by atoms with van der Waals surface area (Å²) in [7, 11) is 0. The van der Waals surface area contributed by atoms with E-state index in [1.807, 2.05) is 53.2 Å². The number of esters is 1. The highest BCUT2D eigenvalue weighted by Crippen LogP contribution is 2.38. The van der Waals surface area contributed by atoms with E-state index in [1.165, 1.54) is 22.7 Å². The van der Waals surface area contributed by atoms with E-state index >= 15 is 0 Å². The number of benzene rings is 1. The van der Waals surface area contributed by atoms with Crippen molar-refractivity contribution >= 4 is 28.6 Å². The van der Waals surface area contributed by atoms with Gasteiger partial charge in [-0.3, -0.25) is 4.90 Å². The van der Waals surface area contributed by atoms with Gasteiger partial charge in [-0.15, -0.1) is 22.7 Å². The fraction of sp³-hybridized carbons (Fsp3) is 0.444. The number of rotatable bonds is 11. The molecule has 7 heteroatoms. The Morgan fingerprint density at radius 1 is 1.09 bits per heavy atom. The maximum absolute atomic E-state index is 13.5. The Bertz CT molecular complexity index is 957. The second-order valence-corrected chi connectivity index (χ2v) is 10.7. The van der Waals surface area contributed by atoms with E-state index in [2.05, 4.69) is 11.8 Å². The van der Waals surface area contributed by atoms with Gasteiger partial charge in [-0.2, -0.15) is 0 Å². The van der Waals surface area contributed by atoms with Gasteiger partial charge >= 0.3 is 5.97 Å². The topological polar surface area (TPSA) is 59.0 Å². The lowest BCUT2D eigenvalue weighted by molar-refractivity contribution is -0.173. The summed E-state index contributed by atoms with van der Waals surface area (Å²) in [5, 5.41) is 15.4. The van der Waals surface area contributed by atoms with Crippen molar-refractivity contribution in [2.75, 3.05) is 26.2 Å². The van der Waals surface area contributed by atoms with Crippen molar-refractivity contribution in [1.82, 2.24) is 4.90 Å². The second kappa shape index (κ2) is 12.0. The zero-order chi connectivity index (χ0) is 23.8. The van der Waals surface area contributed by atoms with Gasteiger partial charge in [0.1, 0.15) is 11.9 Å². The van der Waals surface area contributed by atoms with Crippen LogP contribution in [0.2, 0.25) is 0 Å². The lowest BCUT2D eigenvalue weighted by Gasteiger charge is -2.39. The minimum Gasteiger partial charge on any atom is -0.494 e. The molecule has 182 valence electrons. The molecular weight excluding hydrogens is 466 g/mol. The molecule has 0 radical (unpaired) electrons. The van der Waals surface area contributed by atoms with Crippen molar-refractivity contribution in [2.45, 2.75) is 44.3 Å². The Hall–Kier alpha value is -2.19. The standard InChI is InChI=1S/C27H33NO4S2/c1-2-9-21-14-16-28(15-8-17-31-22-10-4-3-5-11-22)20-23(21)32-26(29)27(30,24-12-6-18-33-24)25-13-7-19-34-25/h3-7,10-13,18-19,21,23,30H,2,8-9,14-17,20H2,1H3. The minimum absolute atomic E-state index is 0.234. The Morgan fingerprint density at radius 3 is 2.41 bits per heavy atom. The number of hydrogen-bond donors (Lipinski definition) is 1. The molecule has 2 unspecified atom stereocenters. The SMILES string of the molecule is CCCC1CCN(CCCOc2ccccc2)CC1OC(=O)C(O)(c1cccs1)c1cccs1. The van der Waals surface area contributed by atoms with Crippen LogP contribution in [0.5, 0.6) is 5.75 Å². The van der Waals surface area contributed by atoms with Crippen LogP contribution < -0.4 is 4.74 Å². The first-order valence-electron chi connectivity index (χ1n) is 12.0. The third-order valence-electron chi connectivity index (χ3n) is 6.38. The minimum atomic E-state index is -1.76. The molecule has 1 aliphatic heterocycles. The van der Waals surface area contributed by atoms with Crippen LogP contribution in [0.1, 0.15) is 42.4 Å². The number of thiophene rings is 2. The number of para-hydroxylation sites is 1. The second-order valence-electron chi connectivity index (χ2n) is 8.76. The third kappa shape index (κ3) is 5.89. The summed E-state index contributed by atoms with van der Waals surface area (Å²) in [5.74, 6) is 0.622. The molecule has 34 heavy (non-hydrogen) atoms. The number of carbonyl (C=O) groups is 1. The van der Waals surface area contributed by atoms with Gasteiger partial charge < -0.3 is 14.6 Å². The van der Waals surface area contributed by atoms with Crippen LogP contribution in [0.4, 0.5) is 0 Å². The zero-order valence-electron chi connectivity index (χ0n) is 19.6. The summed E-state index contributed by atoms with van der Waals surface area (Å²) in [6.07, 6.45) is 3.72. The van der Waals surface area contributed by atoms with Gasteiger partial charge in [0, 0.05) is 13.1 Å². The lowest BCUT2D eigenvalue weighted by Crippen LogP contribution is -2.49. The van der Waals surface area contributed by atoms with Crippen molar-refractivity contribution in [3.8, 4) is 5.75 Å². The van der Waals surface area contributed by atoms with Crippen LogP contribution in [0.25, 0.3) is 0 Å². The molecule has 5 nitrogen and oxygen atoms in total. The van der Waals surface area contributed by atoms with E-state index in [-0.39, 0.29) is 6.10 Å². The average Bonchev–Trinajstić information content (AvgIpc) is 3.59. The normalized spacial score (nSPS) is 19.1. The molecule has 0 amide bonds. The first-order chi connectivity index (χ1) is 16.6. The van der Waals surface area contributed by atoms with Crippen LogP contribution in [0.3, 0.4) is 0 Å². The van der Waals surface area contributed by atoms with Gasteiger partial charge in [0.25, 0.3) is 0 Å². The van der Waals surface area contributed by atoms with Gasteiger partial charge in [-0.05, 0) is 66.8 Å². The summed E-state index contributed by atoms with van der Waals surface area (Å²) < 4.78 is 12.0. The fourth-order valence-electron chi connectivity index (χ4n) is 4.58. The molecular formula is C27H33NO4S2. The van der Waals surface area contributed by atoms with Gasteiger partial charge in [-0.25, -0.2) is 4.79 Å². The first kappa shape index (κ1) is 24.9. The Labute approximate surface area is 210 Å². The molecule has 4 rings (SSSR count). The van der Waals surface area contributed by atoms with E-state index < -0.39 is 11.6 Å². The zero-order valence-corrected chi connectivity index (χ0v) is 21.2. The summed E-state index contributed by atoms with van der Waals surface area (Å²) in [5.41, 5.74) is -1.76. The summed E-state index contributed by atoms with van der Waals surface area (Å²) >= 11 is 2.75. The molecule has 1 aliphatic rings. The predicted molar refractivity (Wildman–Crippen MR) is 138 cm³/mol. The molecule has 3 aromatic rings. The number of piperidine rings is 1. The summed E-state index contributed by atoms with van der Waals surface area (Å²) in [4.78, 5) is 17.1. The smallest absolute Gasteiger partial charge is 0.349 e. The molecule has 1 aromatic carbocycles. The number of nitrogens with zero attached hydrogens (tertiary/aromatic N) is 1. The van der Waals surface area contributed by atoms with Crippen molar-refractivity contribution in [1.29, 1.82) is 0 Å². The molecule has 1 saturated heterocycles. The number of carbonyl (C=O) groups excluding carboxylic acids is 1. The molecule has 0 saturated carbocycles. The highest BCUT2D eigenvalue weighted by molar-refractivity contribution is 7.12. The average molecular weight is 500 g/mol. The van der Waals surface area contributed by atoms with Crippen LogP contribution in [-0.4, -0.2) is 48.3 Å². The quantitative estimate of drug-likeness (QED) is 0.277. The summed E-state index contributed by atoms with van der Waals surface area (Å²) in [6.45, 7) is 5.39. The van der Waals surface area contributed by atoms with Crippen molar-refractivity contribution in [2.24, 2.45) is 5.92 Å². The lowest BCUT2D eigenvalue weighted by atomic mass is 9.89.